The van der Waals surface area contributed by atoms with Crippen molar-refractivity contribution in [3.63, 3.8) is 0 Å². The monoisotopic (exact) mass is 270 g/mol. The number of ether oxygens (including phenoxy) is 1. The summed E-state index contributed by atoms with van der Waals surface area (Å²) < 4.78 is 7.75. The van der Waals surface area contributed by atoms with Crippen molar-refractivity contribution in [3.05, 3.63) is 16.4 Å². The molecule has 18 heavy (non-hydrogen) atoms. The fourth-order valence-electron chi connectivity index (χ4n) is 2.80. The number of rotatable bonds is 4. The number of aromatic nitrogens is 2. The van der Waals surface area contributed by atoms with Gasteiger partial charge in [0.15, 0.2) is 0 Å². The Hall–Kier alpha value is -0.540. The van der Waals surface area contributed by atoms with Crippen molar-refractivity contribution in [1.82, 2.24) is 9.78 Å². The molecule has 102 valence electrons. The second kappa shape index (κ2) is 6.07. The van der Waals surface area contributed by atoms with Gasteiger partial charge in [-0.05, 0) is 25.7 Å². The molecule has 1 saturated carbocycles. The number of nitrogens with zero attached hydrogens (tertiary/aromatic N) is 2. The summed E-state index contributed by atoms with van der Waals surface area (Å²) >= 11 is 6.21. The first kappa shape index (κ1) is 13.9. The molecule has 0 aliphatic heterocycles. The van der Waals surface area contributed by atoms with Gasteiger partial charge in [-0.15, -0.1) is 0 Å². The lowest BCUT2D eigenvalue weighted by molar-refractivity contribution is 0.00159. The van der Waals surface area contributed by atoms with Gasteiger partial charge in [0.2, 0.25) is 0 Å². The van der Waals surface area contributed by atoms with Crippen molar-refractivity contribution in [2.24, 2.45) is 13.0 Å². The van der Waals surface area contributed by atoms with Crippen molar-refractivity contribution in [1.29, 1.82) is 0 Å². The Morgan fingerprint density at radius 3 is 2.83 bits per heavy atom. The standard InChI is InChI=1S/C14H23ClN2O/c1-4-11-6-5-7-12(8-11)18-9-13-10(2)16-17(3)14(13)15/h11-12H,4-9H2,1-3H3. The molecule has 0 amide bonds. The number of aryl methyl sites for hydroxylation is 2. The van der Waals surface area contributed by atoms with E-state index >= 15 is 0 Å². The molecule has 1 fully saturated rings. The van der Waals surface area contributed by atoms with E-state index in [-0.39, 0.29) is 0 Å². The Kier molecular flexibility index (Phi) is 4.68. The fraction of sp³-hybridized carbons (Fsp3) is 0.786. The summed E-state index contributed by atoms with van der Waals surface area (Å²) in [6.45, 7) is 4.86. The van der Waals surface area contributed by atoms with Crippen molar-refractivity contribution in [2.75, 3.05) is 0 Å². The Labute approximate surface area is 114 Å². The van der Waals surface area contributed by atoms with Gasteiger partial charge in [0.25, 0.3) is 0 Å². The highest BCUT2D eigenvalue weighted by molar-refractivity contribution is 6.30. The third kappa shape index (κ3) is 3.07. The summed E-state index contributed by atoms with van der Waals surface area (Å²) in [4.78, 5) is 0. The van der Waals surface area contributed by atoms with E-state index in [4.69, 9.17) is 16.3 Å². The maximum Gasteiger partial charge on any atom is 0.132 e. The lowest BCUT2D eigenvalue weighted by Crippen LogP contribution is -2.22. The third-order valence-corrected chi connectivity index (χ3v) is 4.52. The summed E-state index contributed by atoms with van der Waals surface area (Å²) in [5, 5.41) is 5.01. The molecule has 1 aromatic heterocycles. The molecule has 0 bridgehead atoms. The van der Waals surface area contributed by atoms with Crippen LogP contribution in [0.15, 0.2) is 0 Å². The quantitative estimate of drug-likeness (QED) is 0.831. The lowest BCUT2D eigenvalue weighted by Gasteiger charge is -2.28. The summed E-state index contributed by atoms with van der Waals surface area (Å²) in [7, 11) is 1.87. The molecular weight excluding hydrogens is 248 g/mol. The van der Waals surface area contributed by atoms with Gasteiger partial charge in [-0.3, -0.25) is 4.68 Å². The zero-order chi connectivity index (χ0) is 13.1. The molecule has 3 nitrogen and oxygen atoms in total. The lowest BCUT2D eigenvalue weighted by atomic mass is 9.85. The van der Waals surface area contributed by atoms with Crippen LogP contribution in [0.4, 0.5) is 0 Å². The van der Waals surface area contributed by atoms with Crippen LogP contribution < -0.4 is 0 Å². The first-order valence-corrected chi connectivity index (χ1v) is 7.29. The average Bonchev–Trinajstić information content (AvgIpc) is 2.61. The van der Waals surface area contributed by atoms with Gasteiger partial charge < -0.3 is 4.74 Å². The highest BCUT2D eigenvalue weighted by Gasteiger charge is 2.22. The SMILES string of the molecule is CCC1CCCC(OCc2c(C)nn(C)c2Cl)C1. The minimum Gasteiger partial charge on any atom is -0.373 e. The van der Waals surface area contributed by atoms with E-state index in [2.05, 4.69) is 12.0 Å². The van der Waals surface area contributed by atoms with E-state index < -0.39 is 0 Å². The Morgan fingerprint density at radius 1 is 1.44 bits per heavy atom. The molecule has 1 aliphatic rings. The van der Waals surface area contributed by atoms with Crippen molar-refractivity contribution < 1.29 is 4.74 Å². The molecule has 1 aromatic rings. The Balaban J connectivity index is 1.91. The molecule has 2 atom stereocenters. The van der Waals surface area contributed by atoms with Gasteiger partial charge in [-0.1, -0.05) is 37.8 Å². The van der Waals surface area contributed by atoms with Crippen LogP contribution in [0.1, 0.15) is 50.3 Å². The molecule has 0 spiro atoms. The second-order valence-electron chi connectivity index (χ2n) is 5.35. The van der Waals surface area contributed by atoms with Crippen LogP contribution in [-0.4, -0.2) is 15.9 Å². The van der Waals surface area contributed by atoms with E-state index in [0.717, 1.165) is 17.2 Å². The highest BCUT2D eigenvalue weighted by Crippen LogP contribution is 2.29. The molecule has 0 aromatic carbocycles. The van der Waals surface area contributed by atoms with E-state index in [0.29, 0.717) is 17.9 Å². The van der Waals surface area contributed by atoms with Crippen LogP contribution >= 0.6 is 11.6 Å². The zero-order valence-corrected chi connectivity index (χ0v) is 12.3. The zero-order valence-electron chi connectivity index (χ0n) is 11.6. The van der Waals surface area contributed by atoms with Crippen molar-refractivity contribution in [2.45, 2.75) is 58.7 Å². The predicted molar refractivity (Wildman–Crippen MR) is 73.8 cm³/mol. The fourth-order valence-corrected chi connectivity index (χ4v) is 3.03. The van der Waals surface area contributed by atoms with Crippen LogP contribution in [0, 0.1) is 12.8 Å². The minimum atomic E-state index is 0.402. The highest BCUT2D eigenvalue weighted by atomic mass is 35.5. The topological polar surface area (TPSA) is 27.1 Å². The van der Waals surface area contributed by atoms with Crippen LogP contribution in [0.3, 0.4) is 0 Å². The molecule has 2 unspecified atom stereocenters. The maximum absolute atomic E-state index is 6.21. The molecule has 4 heteroatoms. The van der Waals surface area contributed by atoms with Crippen LogP contribution in [0.5, 0.6) is 0 Å². The van der Waals surface area contributed by atoms with Gasteiger partial charge in [0.1, 0.15) is 5.15 Å². The van der Waals surface area contributed by atoms with E-state index in [1.165, 1.54) is 32.1 Å². The maximum atomic E-state index is 6.21. The Morgan fingerprint density at radius 2 is 2.22 bits per heavy atom. The molecular formula is C14H23ClN2O. The first-order chi connectivity index (χ1) is 8.61. The van der Waals surface area contributed by atoms with Crippen molar-refractivity contribution >= 4 is 11.6 Å². The molecule has 2 rings (SSSR count). The largest absolute Gasteiger partial charge is 0.373 e. The van der Waals surface area contributed by atoms with Crippen LogP contribution in [0.25, 0.3) is 0 Å². The molecule has 0 N–H and O–H groups in total. The van der Waals surface area contributed by atoms with Gasteiger partial charge in [0.05, 0.1) is 18.4 Å². The summed E-state index contributed by atoms with van der Waals surface area (Å²) in [5.74, 6) is 0.842. The normalized spacial score (nSPS) is 24.4. The third-order valence-electron chi connectivity index (χ3n) is 4.05. The number of hydrogen-bond acceptors (Lipinski definition) is 2. The molecule has 0 saturated heterocycles. The van der Waals surface area contributed by atoms with Crippen LogP contribution in [-0.2, 0) is 18.4 Å². The summed E-state index contributed by atoms with van der Waals surface area (Å²) in [5.41, 5.74) is 2.02. The van der Waals surface area contributed by atoms with Gasteiger partial charge in [-0.25, -0.2) is 0 Å². The van der Waals surface area contributed by atoms with Crippen molar-refractivity contribution in [3.8, 4) is 0 Å². The predicted octanol–water partition coefficient (Wildman–Crippen LogP) is 3.87. The van der Waals surface area contributed by atoms with E-state index in [9.17, 15) is 0 Å². The summed E-state index contributed by atoms with van der Waals surface area (Å²) in [6, 6.07) is 0. The molecule has 1 aliphatic carbocycles. The smallest absolute Gasteiger partial charge is 0.132 e. The van der Waals surface area contributed by atoms with Gasteiger partial charge in [-0.2, -0.15) is 5.10 Å². The van der Waals surface area contributed by atoms with E-state index in [1.54, 1.807) is 4.68 Å². The average molecular weight is 271 g/mol. The first-order valence-electron chi connectivity index (χ1n) is 6.91. The minimum absolute atomic E-state index is 0.402. The molecule has 1 heterocycles. The number of halogens is 1. The molecule has 0 radical (unpaired) electrons. The number of hydrogen-bond donors (Lipinski definition) is 0. The second-order valence-corrected chi connectivity index (χ2v) is 5.71. The van der Waals surface area contributed by atoms with Gasteiger partial charge >= 0.3 is 0 Å². The summed E-state index contributed by atoms with van der Waals surface area (Å²) in [6.07, 6.45) is 6.72. The van der Waals surface area contributed by atoms with Gasteiger partial charge in [0, 0.05) is 12.6 Å². The van der Waals surface area contributed by atoms with E-state index in [1.807, 2.05) is 14.0 Å². The Bertz CT molecular complexity index is 403. The van der Waals surface area contributed by atoms with Crippen LogP contribution in [0.2, 0.25) is 5.15 Å².